The molecule has 0 fully saturated rings. The average molecular weight is 328 g/mol. The van der Waals surface area contributed by atoms with E-state index in [0.29, 0.717) is 6.54 Å². The van der Waals surface area contributed by atoms with Gasteiger partial charge in [0.15, 0.2) is 5.84 Å². The van der Waals surface area contributed by atoms with E-state index < -0.39 is 0 Å². The van der Waals surface area contributed by atoms with Gasteiger partial charge in [0.05, 0.1) is 13.7 Å². The molecular weight excluding hydrogens is 304 g/mol. The average Bonchev–Trinajstić information content (AvgIpc) is 2.96. The normalized spacial score (nSPS) is 17.2. The highest BCUT2D eigenvalue weighted by atomic mass is 16.5. The molecule has 0 atom stereocenters. The minimum atomic E-state index is 0.594. The number of amidine groups is 1. The Labute approximate surface area is 143 Å². The van der Waals surface area contributed by atoms with Gasteiger partial charge in [0, 0.05) is 26.5 Å². The van der Waals surface area contributed by atoms with E-state index in [1.54, 1.807) is 17.1 Å². The second kappa shape index (κ2) is 8.71. The van der Waals surface area contributed by atoms with Gasteiger partial charge in [-0.1, -0.05) is 30.4 Å². The van der Waals surface area contributed by atoms with Gasteiger partial charge in [-0.2, -0.15) is 5.10 Å². The number of benzene rings is 1. The highest BCUT2D eigenvalue weighted by molar-refractivity contribution is 5.98. The Morgan fingerprint density at radius 3 is 2.71 bits per heavy atom. The first kappa shape index (κ1) is 17.5. The van der Waals surface area contributed by atoms with Crippen molar-refractivity contribution in [2.75, 3.05) is 21.2 Å². The summed E-state index contributed by atoms with van der Waals surface area (Å²) in [5, 5.41) is 19.6. The molecule has 0 unspecified atom stereocenters. The molecule has 0 saturated heterocycles. The van der Waals surface area contributed by atoms with Crippen molar-refractivity contribution < 1.29 is 4.74 Å². The summed E-state index contributed by atoms with van der Waals surface area (Å²) in [6.45, 7) is 2.66. The fourth-order valence-corrected chi connectivity index (χ4v) is 2.13. The van der Waals surface area contributed by atoms with E-state index in [0.717, 1.165) is 29.3 Å². The van der Waals surface area contributed by atoms with Crippen molar-refractivity contribution in [1.82, 2.24) is 15.3 Å². The molecule has 24 heavy (non-hydrogen) atoms. The summed E-state index contributed by atoms with van der Waals surface area (Å²) < 4.78 is 5.19. The van der Waals surface area contributed by atoms with Crippen LogP contribution in [0, 0.1) is 0 Å². The van der Waals surface area contributed by atoms with Crippen LogP contribution >= 0.6 is 0 Å². The Morgan fingerprint density at radius 2 is 2.08 bits per heavy atom. The maximum absolute atomic E-state index is 5.19. The predicted octanol–water partition coefficient (Wildman–Crippen LogP) is 3.11. The summed E-state index contributed by atoms with van der Waals surface area (Å²) in [5.41, 5.74) is 1.89. The van der Waals surface area contributed by atoms with Crippen LogP contribution in [0.4, 0.5) is 0 Å². The Balaban J connectivity index is 2.19. The van der Waals surface area contributed by atoms with Crippen molar-refractivity contribution in [3.63, 3.8) is 0 Å². The zero-order chi connectivity index (χ0) is 17.4. The number of allylic oxidation sites excluding steroid dienone is 1. The van der Waals surface area contributed by atoms with Crippen LogP contribution < -0.4 is 10.1 Å². The third-order valence-corrected chi connectivity index (χ3v) is 3.33. The fraction of sp³-hybridized carbons (Fsp3) is 0.353. The Kier molecular flexibility index (Phi) is 6.36. The van der Waals surface area contributed by atoms with Crippen molar-refractivity contribution in [2.24, 2.45) is 15.4 Å². The number of rotatable bonds is 7. The minimum absolute atomic E-state index is 0.594. The highest BCUT2D eigenvalue weighted by Gasteiger charge is 2.23. The summed E-state index contributed by atoms with van der Waals surface area (Å²) in [6.07, 6.45) is 6.54. The number of methoxy groups -OCH3 is 1. The number of hydrazone groups is 1. The molecule has 1 aromatic rings. The first-order chi connectivity index (χ1) is 11.7. The second-order valence-corrected chi connectivity index (χ2v) is 5.19. The molecule has 0 amide bonds. The summed E-state index contributed by atoms with van der Waals surface area (Å²) in [7, 11) is 5.37. The molecule has 0 aromatic heterocycles. The van der Waals surface area contributed by atoms with Crippen molar-refractivity contribution in [3.8, 4) is 5.75 Å². The lowest BCUT2D eigenvalue weighted by molar-refractivity contribution is 0.404. The second-order valence-electron chi connectivity index (χ2n) is 5.19. The van der Waals surface area contributed by atoms with Gasteiger partial charge < -0.3 is 10.1 Å². The van der Waals surface area contributed by atoms with Crippen LogP contribution in [0.15, 0.2) is 63.9 Å². The summed E-state index contributed by atoms with van der Waals surface area (Å²) in [5.74, 6) is 1.56. The SMILES string of the molecule is CC/C=C1/N=NN(Cc2ccc(OC)cc2)C1=NN(C)/C=C\NC. The summed E-state index contributed by atoms with van der Waals surface area (Å²) in [6, 6.07) is 7.89. The van der Waals surface area contributed by atoms with E-state index in [2.05, 4.69) is 27.7 Å². The predicted molar refractivity (Wildman–Crippen MR) is 95.2 cm³/mol. The molecule has 0 spiro atoms. The minimum Gasteiger partial charge on any atom is -0.497 e. The number of hydrogen-bond donors (Lipinski definition) is 1. The van der Waals surface area contributed by atoms with Crippen LogP contribution in [0.2, 0.25) is 0 Å². The number of ether oxygens (including phenoxy) is 1. The lowest BCUT2D eigenvalue weighted by Gasteiger charge is -2.16. The molecule has 0 bridgehead atoms. The molecule has 128 valence electrons. The van der Waals surface area contributed by atoms with Gasteiger partial charge in [-0.3, -0.25) is 5.01 Å². The molecule has 1 N–H and O–H groups in total. The molecule has 7 nitrogen and oxygen atoms in total. The van der Waals surface area contributed by atoms with Gasteiger partial charge in [0.2, 0.25) is 0 Å². The maximum Gasteiger partial charge on any atom is 0.198 e. The zero-order valence-corrected chi connectivity index (χ0v) is 14.6. The quantitative estimate of drug-likeness (QED) is 0.781. The van der Waals surface area contributed by atoms with Crippen LogP contribution in [0.3, 0.4) is 0 Å². The molecule has 0 saturated carbocycles. The van der Waals surface area contributed by atoms with Crippen LogP contribution in [0.5, 0.6) is 5.75 Å². The van der Waals surface area contributed by atoms with Gasteiger partial charge in [0.25, 0.3) is 0 Å². The molecule has 2 rings (SSSR count). The Bertz CT molecular complexity index is 648. The smallest absolute Gasteiger partial charge is 0.198 e. The molecular formula is C17H24N6O. The molecule has 1 aliphatic rings. The molecule has 7 heteroatoms. The van der Waals surface area contributed by atoms with Gasteiger partial charge in [-0.25, -0.2) is 5.01 Å². The summed E-state index contributed by atoms with van der Waals surface area (Å²) in [4.78, 5) is 0. The molecule has 0 aliphatic carbocycles. The fourth-order valence-electron chi connectivity index (χ4n) is 2.13. The van der Waals surface area contributed by atoms with Crippen molar-refractivity contribution in [2.45, 2.75) is 19.9 Å². The van der Waals surface area contributed by atoms with Gasteiger partial charge in [0.1, 0.15) is 11.4 Å². The van der Waals surface area contributed by atoms with Gasteiger partial charge >= 0.3 is 0 Å². The standard InChI is InChI=1S/C17H24N6O/c1-5-6-16-17(20-22(3)12-11-18-2)23(21-19-16)13-14-7-9-15(24-4)10-8-14/h6-12,18H,5,13H2,1-4H3/b12-11-,16-6+,20-17?. The van der Waals surface area contributed by atoms with E-state index in [9.17, 15) is 0 Å². The zero-order valence-electron chi connectivity index (χ0n) is 14.6. The number of nitrogens with zero attached hydrogens (tertiary/aromatic N) is 5. The maximum atomic E-state index is 5.19. The lowest BCUT2D eigenvalue weighted by Crippen LogP contribution is -2.24. The van der Waals surface area contributed by atoms with Crippen LogP contribution in [-0.2, 0) is 6.54 Å². The van der Waals surface area contributed by atoms with E-state index in [1.807, 2.05) is 56.8 Å². The summed E-state index contributed by atoms with van der Waals surface area (Å²) >= 11 is 0. The van der Waals surface area contributed by atoms with Crippen molar-refractivity contribution in [3.05, 3.63) is 54.0 Å². The highest BCUT2D eigenvalue weighted by Crippen LogP contribution is 2.21. The van der Waals surface area contributed by atoms with E-state index >= 15 is 0 Å². The van der Waals surface area contributed by atoms with E-state index in [1.165, 1.54) is 0 Å². The Morgan fingerprint density at radius 1 is 1.33 bits per heavy atom. The van der Waals surface area contributed by atoms with Crippen LogP contribution in [-0.4, -0.2) is 37.1 Å². The Hall–Kier alpha value is -2.83. The van der Waals surface area contributed by atoms with Crippen molar-refractivity contribution in [1.29, 1.82) is 0 Å². The van der Waals surface area contributed by atoms with Crippen molar-refractivity contribution >= 4 is 5.84 Å². The van der Waals surface area contributed by atoms with Crippen LogP contribution in [0.25, 0.3) is 0 Å². The van der Waals surface area contributed by atoms with E-state index in [4.69, 9.17) is 4.74 Å². The number of hydrogen-bond acceptors (Lipinski definition) is 6. The van der Waals surface area contributed by atoms with Gasteiger partial charge in [-0.05, 0) is 24.1 Å². The van der Waals surface area contributed by atoms with Crippen LogP contribution in [0.1, 0.15) is 18.9 Å². The topological polar surface area (TPSA) is 64.8 Å². The molecule has 1 aromatic carbocycles. The van der Waals surface area contributed by atoms with Gasteiger partial charge in [-0.15, -0.1) is 5.11 Å². The molecule has 0 radical (unpaired) electrons. The monoisotopic (exact) mass is 328 g/mol. The first-order valence-electron chi connectivity index (χ1n) is 7.86. The third-order valence-electron chi connectivity index (χ3n) is 3.33. The third kappa shape index (κ3) is 4.58. The molecule has 1 heterocycles. The largest absolute Gasteiger partial charge is 0.497 e. The van der Waals surface area contributed by atoms with E-state index in [-0.39, 0.29) is 0 Å². The molecule has 1 aliphatic heterocycles. The number of nitrogens with one attached hydrogen (secondary N) is 1. The first-order valence-corrected chi connectivity index (χ1v) is 7.86. The lowest BCUT2D eigenvalue weighted by atomic mass is 10.2.